The smallest absolute Gasteiger partial charge is 0.0714 e. The van der Waals surface area contributed by atoms with Crippen molar-refractivity contribution in [3.05, 3.63) is 247 Å². The van der Waals surface area contributed by atoms with Gasteiger partial charge in [0.15, 0.2) is 0 Å². The molecule has 0 fully saturated rings. The van der Waals surface area contributed by atoms with Crippen molar-refractivity contribution in [1.29, 1.82) is 0 Å². The first kappa shape index (κ1) is 34.4. The van der Waals surface area contributed by atoms with Crippen LogP contribution in [0.3, 0.4) is 0 Å². The Morgan fingerprint density at radius 1 is 0.328 bits per heavy atom. The van der Waals surface area contributed by atoms with Crippen molar-refractivity contribution < 1.29 is 0 Å². The lowest BCUT2D eigenvalue weighted by molar-refractivity contribution is 0.769. The number of aromatic nitrogens is 1. The van der Waals surface area contributed by atoms with Crippen LogP contribution in [0.15, 0.2) is 224 Å². The van der Waals surface area contributed by atoms with Gasteiger partial charge in [0, 0.05) is 47.8 Å². The number of hydrogen-bond acceptors (Lipinski definition) is 1. The molecule has 61 heavy (non-hydrogen) atoms. The van der Waals surface area contributed by atoms with E-state index < -0.39 is 5.41 Å². The molecule has 0 radical (unpaired) electrons. The first-order chi connectivity index (χ1) is 30.3. The molecule has 12 aromatic rings. The number of benzene rings is 10. The summed E-state index contributed by atoms with van der Waals surface area (Å²) >= 11 is 1.95. The molecule has 2 heteroatoms. The van der Waals surface area contributed by atoms with Gasteiger partial charge >= 0.3 is 0 Å². The lowest BCUT2D eigenvalue weighted by Gasteiger charge is -2.33. The molecule has 0 bridgehead atoms. The van der Waals surface area contributed by atoms with Gasteiger partial charge in [-0.25, -0.2) is 0 Å². The van der Waals surface area contributed by atoms with Crippen molar-refractivity contribution in [2.24, 2.45) is 0 Å². The summed E-state index contributed by atoms with van der Waals surface area (Å²) in [6.07, 6.45) is 0. The number of thiophene rings is 1. The van der Waals surface area contributed by atoms with Crippen LogP contribution in [-0.2, 0) is 5.41 Å². The first-order valence-corrected chi connectivity index (χ1v) is 21.9. The standard InChI is InChI=1S/C59H37NS/c1-4-17-39(18-5-1)59(40-19-6-2-7-20-40)52-29-14-12-26-50(52)56-53(59)35-34-49-48-28-16-27-47(57(48)61-58(49)56)45-33-32-42(43-23-10-11-24-44(43)45)38-31-36-55-51(37-38)46-25-13-15-30-54(46)60(55)41-21-8-3-9-22-41/h1-37H. The third-order valence-electron chi connectivity index (χ3n) is 13.3. The minimum Gasteiger partial charge on any atom is -0.309 e. The maximum atomic E-state index is 2.43. The second-order valence-electron chi connectivity index (χ2n) is 16.3. The molecule has 1 aliphatic rings. The van der Waals surface area contributed by atoms with Crippen LogP contribution in [0.1, 0.15) is 22.3 Å². The molecule has 0 N–H and O–H groups in total. The predicted molar refractivity (Wildman–Crippen MR) is 259 cm³/mol. The molecule has 284 valence electrons. The Bertz CT molecular complexity index is 3650. The van der Waals surface area contributed by atoms with E-state index in [1.54, 1.807) is 0 Å². The van der Waals surface area contributed by atoms with E-state index in [1.807, 2.05) is 11.3 Å². The van der Waals surface area contributed by atoms with Crippen molar-refractivity contribution in [3.63, 3.8) is 0 Å². The molecule has 10 aromatic carbocycles. The summed E-state index contributed by atoms with van der Waals surface area (Å²) in [5, 5.41) is 7.67. The molecule has 0 saturated carbocycles. The molecule has 0 saturated heterocycles. The van der Waals surface area contributed by atoms with Gasteiger partial charge < -0.3 is 4.57 Å². The van der Waals surface area contributed by atoms with Crippen molar-refractivity contribution in [2.75, 3.05) is 0 Å². The molecule has 13 rings (SSSR count). The molecule has 0 aliphatic heterocycles. The Morgan fingerprint density at radius 3 is 1.67 bits per heavy atom. The van der Waals surface area contributed by atoms with E-state index in [0.717, 1.165) is 0 Å². The van der Waals surface area contributed by atoms with E-state index in [-0.39, 0.29) is 0 Å². The summed E-state index contributed by atoms with van der Waals surface area (Å²) < 4.78 is 5.07. The summed E-state index contributed by atoms with van der Waals surface area (Å²) in [4.78, 5) is 0. The highest BCUT2D eigenvalue weighted by atomic mass is 32.1. The fourth-order valence-electron chi connectivity index (χ4n) is 10.8. The van der Waals surface area contributed by atoms with Crippen molar-refractivity contribution >= 4 is 64.1 Å². The first-order valence-electron chi connectivity index (χ1n) is 21.1. The Labute approximate surface area is 358 Å². The van der Waals surface area contributed by atoms with Crippen LogP contribution in [0.5, 0.6) is 0 Å². The maximum Gasteiger partial charge on any atom is 0.0714 e. The Balaban J connectivity index is 1.01. The SMILES string of the molecule is c1ccc(-n2c3ccccc3c3cc(-c4ccc(-c5cccc6c5sc5c7c(ccc56)C(c5ccccc5)(c5ccccc5)c5ccccc5-7)c5ccccc45)ccc32)cc1. The third-order valence-corrected chi connectivity index (χ3v) is 14.6. The summed E-state index contributed by atoms with van der Waals surface area (Å²) in [5.74, 6) is 0. The molecule has 0 atom stereocenters. The number of para-hydroxylation sites is 2. The normalized spacial score (nSPS) is 13.0. The molecule has 0 unspecified atom stereocenters. The topological polar surface area (TPSA) is 4.93 Å². The average molecular weight is 792 g/mol. The number of rotatable bonds is 5. The molecule has 0 amide bonds. The van der Waals surface area contributed by atoms with Gasteiger partial charge in [-0.1, -0.05) is 194 Å². The van der Waals surface area contributed by atoms with Crippen LogP contribution in [0.25, 0.3) is 91.8 Å². The van der Waals surface area contributed by atoms with E-state index in [9.17, 15) is 0 Å². The van der Waals surface area contributed by atoms with E-state index in [1.165, 1.54) is 114 Å². The lowest BCUT2D eigenvalue weighted by atomic mass is 9.68. The fraction of sp³-hybridized carbons (Fsp3) is 0.0169. The van der Waals surface area contributed by atoms with Crippen molar-refractivity contribution in [1.82, 2.24) is 4.57 Å². The third kappa shape index (κ3) is 4.83. The largest absolute Gasteiger partial charge is 0.309 e. The van der Waals surface area contributed by atoms with Crippen LogP contribution < -0.4 is 0 Å². The lowest BCUT2D eigenvalue weighted by Crippen LogP contribution is -2.28. The van der Waals surface area contributed by atoms with Gasteiger partial charge in [-0.2, -0.15) is 0 Å². The van der Waals surface area contributed by atoms with Crippen LogP contribution in [0.2, 0.25) is 0 Å². The summed E-state index contributed by atoms with van der Waals surface area (Å²) in [5.41, 5.74) is 16.2. The molecular formula is C59H37NS. The number of fused-ring (bicyclic) bond motifs is 11. The summed E-state index contributed by atoms with van der Waals surface area (Å²) in [7, 11) is 0. The second kappa shape index (κ2) is 13.2. The van der Waals surface area contributed by atoms with Crippen LogP contribution in [0, 0.1) is 0 Å². The Morgan fingerprint density at radius 2 is 0.902 bits per heavy atom. The zero-order valence-corrected chi connectivity index (χ0v) is 34.0. The zero-order chi connectivity index (χ0) is 40.1. The van der Waals surface area contributed by atoms with Crippen LogP contribution in [-0.4, -0.2) is 4.57 Å². The van der Waals surface area contributed by atoms with Crippen molar-refractivity contribution in [2.45, 2.75) is 5.41 Å². The maximum absolute atomic E-state index is 2.43. The van der Waals surface area contributed by atoms with Gasteiger partial charge in [-0.15, -0.1) is 11.3 Å². The summed E-state index contributed by atoms with van der Waals surface area (Å²) in [6.45, 7) is 0. The number of hydrogen-bond donors (Lipinski definition) is 0. The van der Waals surface area contributed by atoms with Crippen molar-refractivity contribution in [3.8, 4) is 39.1 Å². The van der Waals surface area contributed by atoms with E-state index in [2.05, 4.69) is 229 Å². The molecular weight excluding hydrogens is 755 g/mol. The molecule has 2 heterocycles. The second-order valence-corrected chi connectivity index (χ2v) is 17.3. The highest BCUT2D eigenvalue weighted by Crippen LogP contribution is 2.59. The molecule has 0 spiro atoms. The van der Waals surface area contributed by atoms with Gasteiger partial charge in [-0.05, 0) is 85.6 Å². The van der Waals surface area contributed by atoms with E-state index in [0.29, 0.717) is 0 Å². The molecule has 1 nitrogen and oxygen atoms in total. The van der Waals surface area contributed by atoms with Gasteiger partial charge in [-0.3, -0.25) is 0 Å². The van der Waals surface area contributed by atoms with Gasteiger partial charge in [0.1, 0.15) is 0 Å². The fourth-order valence-corrected chi connectivity index (χ4v) is 12.2. The van der Waals surface area contributed by atoms with Gasteiger partial charge in [0.25, 0.3) is 0 Å². The highest BCUT2D eigenvalue weighted by molar-refractivity contribution is 7.27. The molecule has 2 aromatic heterocycles. The average Bonchev–Trinajstić information content (AvgIpc) is 3.98. The van der Waals surface area contributed by atoms with Crippen LogP contribution in [0.4, 0.5) is 0 Å². The highest BCUT2D eigenvalue weighted by Gasteiger charge is 2.46. The minimum atomic E-state index is -0.423. The van der Waals surface area contributed by atoms with Gasteiger partial charge in [0.2, 0.25) is 0 Å². The Hall–Kier alpha value is -7.52. The zero-order valence-electron chi connectivity index (χ0n) is 33.2. The minimum absolute atomic E-state index is 0.423. The number of nitrogens with zero attached hydrogens (tertiary/aromatic N) is 1. The predicted octanol–water partition coefficient (Wildman–Crippen LogP) is 16.0. The molecule has 1 aliphatic carbocycles. The summed E-state index contributed by atoms with van der Waals surface area (Å²) in [6, 6.07) is 83.2. The van der Waals surface area contributed by atoms with Gasteiger partial charge in [0.05, 0.1) is 16.4 Å². The Kier molecular flexibility index (Phi) is 7.46. The van der Waals surface area contributed by atoms with E-state index >= 15 is 0 Å². The van der Waals surface area contributed by atoms with E-state index in [4.69, 9.17) is 0 Å². The van der Waals surface area contributed by atoms with Crippen LogP contribution >= 0.6 is 11.3 Å². The quantitative estimate of drug-likeness (QED) is 0.164. The monoisotopic (exact) mass is 791 g/mol.